The van der Waals surface area contributed by atoms with Crippen molar-refractivity contribution >= 4 is 23.6 Å². The maximum absolute atomic E-state index is 11.9. The Balaban J connectivity index is 1.74. The lowest BCUT2D eigenvalue weighted by Gasteiger charge is -2.49. The molecule has 3 heterocycles. The average molecular weight is 343 g/mol. The Hall–Kier alpha value is -1.13. The van der Waals surface area contributed by atoms with Crippen LogP contribution in [-0.2, 0) is 14.3 Å². The molecule has 3 rings (SSSR count). The fourth-order valence-corrected chi connectivity index (χ4v) is 4.68. The first-order chi connectivity index (χ1) is 11.0. The Morgan fingerprint density at radius 3 is 3.04 bits per heavy atom. The minimum absolute atomic E-state index is 0.0293. The molecule has 3 aliphatic heterocycles. The number of carbonyl (C=O) groups excluding carboxylic acids is 2. The van der Waals surface area contributed by atoms with Gasteiger partial charge in [-0.2, -0.15) is 0 Å². The Labute approximate surface area is 138 Å². The lowest BCUT2D eigenvalue weighted by atomic mass is 10.00. The lowest BCUT2D eigenvalue weighted by Crippen LogP contribution is -3.15. The van der Waals surface area contributed by atoms with Crippen molar-refractivity contribution in [3.63, 3.8) is 0 Å². The fourth-order valence-electron chi connectivity index (χ4n) is 3.37. The highest BCUT2D eigenvalue weighted by Gasteiger charge is 2.50. The number of thioether (sulfide) groups is 1. The SMILES string of the molecule is NC1C(=O)N2C(C(=O)[O-])=C(CC3C[NH+](CCO)CCO3)CSC12. The predicted octanol–water partition coefficient (Wildman–Crippen LogP) is -4.10. The Morgan fingerprint density at radius 2 is 2.35 bits per heavy atom. The molecule has 3 aliphatic rings. The summed E-state index contributed by atoms with van der Waals surface area (Å²) in [6.07, 6.45) is 0.341. The van der Waals surface area contributed by atoms with Gasteiger partial charge in [0.15, 0.2) is 0 Å². The lowest BCUT2D eigenvalue weighted by molar-refractivity contribution is -0.912. The molecular formula is C14H21N3O5S. The highest BCUT2D eigenvalue weighted by Crippen LogP contribution is 2.40. The highest BCUT2D eigenvalue weighted by molar-refractivity contribution is 8.00. The van der Waals surface area contributed by atoms with E-state index in [1.807, 2.05) is 0 Å². The first-order valence-corrected chi connectivity index (χ1v) is 8.77. The van der Waals surface area contributed by atoms with Crippen LogP contribution in [0.25, 0.3) is 0 Å². The average Bonchev–Trinajstić information content (AvgIpc) is 2.54. The summed E-state index contributed by atoms with van der Waals surface area (Å²) in [7, 11) is 0. The summed E-state index contributed by atoms with van der Waals surface area (Å²) in [5.74, 6) is -1.18. The topological polar surface area (TPSA) is 120 Å². The molecule has 8 nitrogen and oxygen atoms in total. The van der Waals surface area contributed by atoms with Crippen molar-refractivity contribution in [3.05, 3.63) is 11.3 Å². The minimum atomic E-state index is -1.33. The Bertz CT molecular complexity index is 539. The number of rotatable bonds is 5. The van der Waals surface area contributed by atoms with Crippen molar-refractivity contribution in [3.8, 4) is 0 Å². The van der Waals surface area contributed by atoms with Gasteiger partial charge in [-0.05, 0) is 5.57 Å². The van der Waals surface area contributed by atoms with Crippen molar-refractivity contribution in [2.45, 2.75) is 23.9 Å². The van der Waals surface area contributed by atoms with E-state index in [4.69, 9.17) is 15.6 Å². The highest BCUT2D eigenvalue weighted by atomic mass is 32.2. The first kappa shape index (κ1) is 16.7. The Morgan fingerprint density at radius 1 is 1.57 bits per heavy atom. The van der Waals surface area contributed by atoms with E-state index < -0.39 is 12.0 Å². The van der Waals surface area contributed by atoms with Gasteiger partial charge in [-0.3, -0.25) is 9.69 Å². The molecule has 1 amide bonds. The van der Waals surface area contributed by atoms with Gasteiger partial charge in [-0.15, -0.1) is 11.8 Å². The molecule has 0 aromatic heterocycles. The molecule has 4 unspecified atom stereocenters. The van der Waals surface area contributed by atoms with Crippen LogP contribution in [0.1, 0.15) is 6.42 Å². The fraction of sp³-hybridized carbons (Fsp3) is 0.714. The number of nitrogens with zero attached hydrogens (tertiary/aromatic N) is 1. The van der Waals surface area contributed by atoms with Crippen LogP contribution < -0.4 is 15.7 Å². The minimum Gasteiger partial charge on any atom is -0.543 e. The molecule has 128 valence electrons. The van der Waals surface area contributed by atoms with Gasteiger partial charge in [-0.1, -0.05) is 0 Å². The molecule has 0 radical (unpaired) electrons. The zero-order chi connectivity index (χ0) is 16.6. The van der Waals surface area contributed by atoms with Crippen LogP contribution in [0, 0.1) is 0 Å². The van der Waals surface area contributed by atoms with Crippen LogP contribution in [-0.4, -0.2) is 78.0 Å². The molecule has 0 aromatic carbocycles. The number of aliphatic hydroxyl groups excluding tert-OH is 1. The van der Waals surface area contributed by atoms with E-state index in [1.165, 1.54) is 21.6 Å². The van der Waals surface area contributed by atoms with Gasteiger partial charge >= 0.3 is 0 Å². The van der Waals surface area contributed by atoms with Gasteiger partial charge < -0.3 is 30.4 Å². The standard InChI is InChI=1S/C14H21N3O5S/c15-10-12(19)17-11(14(20)21)8(7-23-13(10)17)5-9-6-16(1-3-18)2-4-22-9/h9-10,13,18H,1-7,15H2,(H,20,21). The van der Waals surface area contributed by atoms with E-state index in [1.54, 1.807) is 0 Å². The summed E-state index contributed by atoms with van der Waals surface area (Å²) in [6.45, 7) is 2.90. The number of carboxylic acids is 1. The molecule has 2 fully saturated rings. The number of nitrogens with two attached hydrogens (primary N) is 1. The number of aliphatic carboxylic acids is 1. The number of β-lactam (4-membered cyclic amide) rings is 1. The molecule has 0 aromatic rings. The summed E-state index contributed by atoms with van der Waals surface area (Å²) >= 11 is 1.48. The third-order valence-corrected chi connectivity index (χ3v) is 5.91. The second kappa shape index (κ2) is 6.78. The van der Waals surface area contributed by atoms with Crippen molar-refractivity contribution < 1.29 is 29.4 Å². The van der Waals surface area contributed by atoms with Crippen LogP contribution in [0.2, 0.25) is 0 Å². The van der Waals surface area contributed by atoms with E-state index in [-0.39, 0.29) is 29.7 Å². The van der Waals surface area contributed by atoms with Crippen molar-refractivity contribution in [1.82, 2.24) is 4.90 Å². The number of ether oxygens (including phenoxy) is 1. The Kier molecular flexibility index (Phi) is 4.93. The van der Waals surface area contributed by atoms with E-state index in [0.717, 1.165) is 6.54 Å². The van der Waals surface area contributed by atoms with E-state index >= 15 is 0 Å². The summed E-state index contributed by atoms with van der Waals surface area (Å²) in [6, 6.07) is -0.633. The smallest absolute Gasteiger partial charge is 0.248 e. The molecule has 23 heavy (non-hydrogen) atoms. The second-order valence-corrected chi connectivity index (χ2v) is 7.15. The van der Waals surface area contributed by atoms with Gasteiger partial charge in [0.25, 0.3) is 0 Å². The van der Waals surface area contributed by atoms with Crippen LogP contribution in [0.5, 0.6) is 0 Å². The predicted molar refractivity (Wildman–Crippen MR) is 80.1 cm³/mol. The normalized spacial score (nSPS) is 34.2. The summed E-state index contributed by atoms with van der Waals surface area (Å²) in [4.78, 5) is 25.9. The molecule has 4 atom stereocenters. The van der Waals surface area contributed by atoms with Crippen molar-refractivity contribution in [2.75, 3.05) is 38.6 Å². The molecule has 0 bridgehead atoms. The molecule has 2 saturated heterocycles. The largest absolute Gasteiger partial charge is 0.543 e. The number of aliphatic hydroxyl groups is 1. The van der Waals surface area contributed by atoms with Gasteiger partial charge in [0.2, 0.25) is 5.91 Å². The van der Waals surface area contributed by atoms with Crippen LogP contribution in [0.15, 0.2) is 11.3 Å². The van der Waals surface area contributed by atoms with Crippen molar-refractivity contribution in [2.24, 2.45) is 5.73 Å². The summed E-state index contributed by atoms with van der Waals surface area (Å²) in [5, 5.41) is 20.3. The van der Waals surface area contributed by atoms with Crippen molar-refractivity contribution in [1.29, 1.82) is 0 Å². The number of amides is 1. The second-order valence-electron chi connectivity index (χ2n) is 6.05. The summed E-state index contributed by atoms with van der Waals surface area (Å²) < 4.78 is 5.73. The van der Waals surface area contributed by atoms with Gasteiger partial charge in [0.1, 0.15) is 37.2 Å². The zero-order valence-electron chi connectivity index (χ0n) is 12.7. The van der Waals surface area contributed by atoms with Gasteiger partial charge in [-0.25, -0.2) is 0 Å². The quantitative estimate of drug-likeness (QED) is 0.434. The monoisotopic (exact) mass is 343 g/mol. The number of hydrogen-bond acceptors (Lipinski definition) is 7. The number of nitrogens with one attached hydrogen (secondary N) is 1. The molecular weight excluding hydrogens is 322 g/mol. The zero-order valence-corrected chi connectivity index (χ0v) is 13.5. The molecule has 9 heteroatoms. The third kappa shape index (κ3) is 3.11. The number of carboxylic acid groups (broad SMARTS) is 1. The molecule has 0 saturated carbocycles. The van der Waals surface area contributed by atoms with Crippen LogP contribution in [0.4, 0.5) is 0 Å². The summed E-state index contributed by atoms with van der Waals surface area (Å²) in [5.41, 5.74) is 6.36. The van der Waals surface area contributed by atoms with Crippen LogP contribution in [0.3, 0.4) is 0 Å². The molecule has 0 aliphatic carbocycles. The van der Waals surface area contributed by atoms with Gasteiger partial charge in [0, 0.05) is 12.2 Å². The van der Waals surface area contributed by atoms with E-state index in [9.17, 15) is 14.7 Å². The van der Waals surface area contributed by atoms with E-state index in [0.29, 0.717) is 37.4 Å². The van der Waals surface area contributed by atoms with Crippen LogP contribution >= 0.6 is 11.8 Å². The number of morpholine rings is 1. The maximum atomic E-state index is 11.9. The van der Waals surface area contributed by atoms with Gasteiger partial charge in [0.05, 0.1) is 24.9 Å². The number of quaternary nitrogens is 1. The third-order valence-electron chi connectivity index (χ3n) is 4.55. The molecule has 0 spiro atoms. The first-order valence-electron chi connectivity index (χ1n) is 7.72. The van der Waals surface area contributed by atoms with E-state index in [2.05, 4.69) is 0 Å². The maximum Gasteiger partial charge on any atom is 0.248 e. The number of carbonyl (C=O) groups is 2. The number of hydrogen-bond donors (Lipinski definition) is 3. The number of fused-ring (bicyclic) bond motifs is 1. The molecule has 4 N–H and O–H groups in total.